The van der Waals surface area contributed by atoms with Gasteiger partial charge in [-0.1, -0.05) is 11.3 Å². The molecule has 0 radical (unpaired) electrons. The Labute approximate surface area is 95.9 Å². The molecule has 4 nitrogen and oxygen atoms in total. The van der Waals surface area contributed by atoms with E-state index in [1.807, 2.05) is 0 Å². The summed E-state index contributed by atoms with van der Waals surface area (Å²) in [6, 6.07) is 4.58. The number of nitrogens with zero attached hydrogens (tertiary/aromatic N) is 2. The van der Waals surface area contributed by atoms with Crippen molar-refractivity contribution in [3.63, 3.8) is 0 Å². The SMILES string of the molecule is COc1cc(-c2nnc(CN)s2)ccc1F. The summed E-state index contributed by atoms with van der Waals surface area (Å²) in [4.78, 5) is 0. The number of rotatable bonds is 3. The van der Waals surface area contributed by atoms with Crippen molar-refractivity contribution in [2.45, 2.75) is 6.54 Å². The van der Waals surface area contributed by atoms with Crippen LogP contribution in [0.4, 0.5) is 4.39 Å². The average molecular weight is 239 g/mol. The van der Waals surface area contributed by atoms with Crippen LogP contribution >= 0.6 is 11.3 Å². The fourth-order valence-electron chi connectivity index (χ4n) is 1.25. The number of hydrogen-bond acceptors (Lipinski definition) is 5. The van der Waals surface area contributed by atoms with Gasteiger partial charge in [0.25, 0.3) is 0 Å². The number of methoxy groups -OCH3 is 1. The van der Waals surface area contributed by atoms with Crippen LogP contribution in [0.5, 0.6) is 5.75 Å². The third-order valence-corrected chi connectivity index (χ3v) is 3.03. The van der Waals surface area contributed by atoms with E-state index in [2.05, 4.69) is 10.2 Å². The van der Waals surface area contributed by atoms with Crippen molar-refractivity contribution in [3.8, 4) is 16.3 Å². The zero-order chi connectivity index (χ0) is 11.5. The van der Waals surface area contributed by atoms with E-state index in [1.54, 1.807) is 12.1 Å². The molecule has 0 saturated carbocycles. The first-order valence-electron chi connectivity index (χ1n) is 4.61. The Bertz CT molecular complexity index is 501. The Morgan fingerprint density at radius 3 is 2.88 bits per heavy atom. The molecule has 0 aliphatic carbocycles. The second kappa shape index (κ2) is 4.54. The zero-order valence-electron chi connectivity index (χ0n) is 8.61. The van der Waals surface area contributed by atoms with E-state index in [1.165, 1.54) is 24.5 Å². The highest BCUT2D eigenvalue weighted by molar-refractivity contribution is 7.14. The van der Waals surface area contributed by atoms with Crippen LogP contribution in [0, 0.1) is 5.82 Å². The van der Waals surface area contributed by atoms with Crippen molar-refractivity contribution in [3.05, 3.63) is 29.0 Å². The molecule has 0 unspecified atom stereocenters. The summed E-state index contributed by atoms with van der Waals surface area (Å²) in [7, 11) is 1.42. The van der Waals surface area contributed by atoms with Gasteiger partial charge in [-0.3, -0.25) is 0 Å². The second-order valence-electron chi connectivity index (χ2n) is 3.05. The monoisotopic (exact) mass is 239 g/mol. The van der Waals surface area contributed by atoms with Gasteiger partial charge in [-0.2, -0.15) is 0 Å². The maximum Gasteiger partial charge on any atom is 0.165 e. The fourth-order valence-corrected chi connectivity index (χ4v) is 1.96. The number of benzene rings is 1. The smallest absolute Gasteiger partial charge is 0.165 e. The van der Waals surface area contributed by atoms with E-state index in [0.29, 0.717) is 11.6 Å². The normalized spacial score (nSPS) is 10.4. The summed E-state index contributed by atoms with van der Waals surface area (Å²) in [5.41, 5.74) is 6.22. The highest BCUT2D eigenvalue weighted by Gasteiger charge is 2.09. The van der Waals surface area contributed by atoms with Gasteiger partial charge < -0.3 is 10.5 Å². The molecule has 1 aromatic carbocycles. The van der Waals surface area contributed by atoms with Gasteiger partial charge in [0.15, 0.2) is 11.6 Å². The van der Waals surface area contributed by atoms with Gasteiger partial charge in [0.1, 0.15) is 10.0 Å². The van der Waals surface area contributed by atoms with E-state index in [9.17, 15) is 4.39 Å². The summed E-state index contributed by atoms with van der Waals surface area (Å²) in [6.45, 7) is 0.357. The van der Waals surface area contributed by atoms with Crippen molar-refractivity contribution in [1.29, 1.82) is 0 Å². The predicted octanol–water partition coefficient (Wildman–Crippen LogP) is 1.81. The summed E-state index contributed by atoms with van der Waals surface area (Å²) in [5.74, 6) is -0.197. The number of halogens is 1. The van der Waals surface area contributed by atoms with Crippen molar-refractivity contribution in [2.75, 3.05) is 7.11 Å². The van der Waals surface area contributed by atoms with Crippen LogP contribution in [0.15, 0.2) is 18.2 Å². The first-order chi connectivity index (χ1) is 7.74. The molecule has 2 rings (SSSR count). The molecule has 1 aromatic heterocycles. The van der Waals surface area contributed by atoms with E-state index in [-0.39, 0.29) is 5.75 Å². The number of hydrogen-bond donors (Lipinski definition) is 1. The first kappa shape index (κ1) is 11.0. The van der Waals surface area contributed by atoms with Crippen LogP contribution in [-0.4, -0.2) is 17.3 Å². The van der Waals surface area contributed by atoms with Crippen LogP contribution in [0.2, 0.25) is 0 Å². The topological polar surface area (TPSA) is 61.0 Å². The first-order valence-corrected chi connectivity index (χ1v) is 5.42. The third-order valence-electron chi connectivity index (χ3n) is 2.04. The van der Waals surface area contributed by atoms with Crippen LogP contribution in [0.3, 0.4) is 0 Å². The highest BCUT2D eigenvalue weighted by Crippen LogP contribution is 2.28. The van der Waals surface area contributed by atoms with Crippen LogP contribution in [0.25, 0.3) is 10.6 Å². The van der Waals surface area contributed by atoms with Gasteiger partial charge >= 0.3 is 0 Å². The highest BCUT2D eigenvalue weighted by atomic mass is 32.1. The quantitative estimate of drug-likeness (QED) is 0.887. The Morgan fingerprint density at radius 1 is 1.44 bits per heavy atom. The molecule has 0 fully saturated rings. The lowest BCUT2D eigenvalue weighted by Crippen LogP contribution is -1.94. The van der Waals surface area contributed by atoms with Gasteiger partial charge in [-0.15, -0.1) is 10.2 Å². The van der Waals surface area contributed by atoms with Crippen molar-refractivity contribution < 1.29 is 9.13 Å². The molecular formula is C10H10FN3OS. The van der Waals surface area contributed by atoms with Gasteiger partial charge in [0, 0.05) is 12.1 Å². The summed E-state index contributed by atoms with van der Waals surface area (Å²) < 4.78 is 18.1. The summed E-state index contributed by atoms with van der Waals surface area (Å²) in [5, 5.41) is 9.33. The number of nitrogens with two attached hydrogens (primary N) is 1. The standard InChI is InChI=1S/C10H10FN3OS/c1-15-8-4-6(2-3-7(8)11)10-14-13-9(5-12)16-10/h2-4H,5,12H2,1H3. The van der Waals surface area contributed by atoms with Gasteiger partial charge in [0.05, 0.1) is 7.11 Å². The van der Waals surface area contributed by atoms with Crippen LogP contribution < -0.4 is 10.5 Å². The zero-order valence-corrected chi connectivity index (χ0v) is 9.42. The minimum absolute atomic E-state index is 0.196. The Hall–Kier alpha value is -1.53. The molecule has 84 valence electrons. The van der Waals surface area contributed by atoms with Gasteiger partial charge in [0.2, 0.25) is 0 Å². The average Bonchev–Trinajstić information content (AvgIpc) is 2.78. The number of ether oxygens (including phenoxy) is 1. The van der Waals surface area contributed by atoms with E-state index in [4.69, 9.17) is 10.5 Å². The maximum atomic E-state index is 13.2. The molecule has 2 aromatic rings. The minimum atomic E-state index is -0.394. The Kier molecular flexibility index (Phi) is 3.12. The molecule has 16 heavy (non-hydrogen) atoms. The molecule has 6 heteroatoms. The van der Waals surface area contributed by atoms with Crippen molar-refractivity contribution in [2.24, 2.45) is 5.73 Å². The molecule has 0 spiro atoms. The van der Waals surface area contributed by atoms with Gasteiger partial charge in [-0.05, 0) is 18.2 Å². The maximum absolute atomic E-state index is 13.2. The largest absolute Gasteiger partial charge is 0.494 e. The van der Waals surface area contributed by atoms with E-state index < -0.39 is 5.82 Å². The number of aromatic nitrogens is 2. The van der Waals surface area contributed by atoms with E-state index in [0.717, 1.165) is 10.6 Å². The third kappa shape index (κ3) is 2.02. The molecule has 0 bridgehead atoms. The Morgan fingerprint density at radius 2 is 2.25 bits per heavy atom. The molecule has 0 atom stereocenters. The lowest BCUT2D eigenvalue weighted by molar-refractivity contribution is 0.387. The van der Waals surface area contributed by atoms with Crippen LogP contribution in [0.1, 0.15) is 5.01 Å². The Balaban J connectivity index is 2.40. The molecule has 2 N–H and O–H groups in total. The molecule has 0 amide bonds. The summed E-state index contributed by atoms with van der Waals surface area (Å²) >= 11 is 1.39. The molecule has 0 saturated heterocycles. The lowest BCUT2D eigenvalue weighted by Gasteiger charge is -2.02. The van der Waals surface area contributed by atoms with E-state index >= 15 is 0 Å². The minimum Gasteiger partial charge on any atom is -0.494 e. The molecule has 0 aliphatic rings. The predicted molar refractivity (Wildman–Crippen MR) is 59.7 cm³/mol. The van der Waals surface area contributed by atoms with Crippen LogP contribution in [-0.2, 0) is 6.54 Å². The molecular weight excluding hydrogens is 229 g/mol. The second-order valence-corrected chi connectivity index (χ2v) is 4.12. The van der Waals surface area contributed by atoms with Gasteiger partial charge in [-0.25, -0.2) is 4.39 Å². The molecule has 1 heterocycles. The van der Waals surface area contributed by atoms with Crippen molar-refractivity contribution in [1.82, 2.24) is 10.2 Å². The molecule has 0 aliphatic heterocycles. The fraction of sp³-hybridized carbons (Fsp3) is 0.200. The lowest BCUT2D eigenvalue weighted by atomic mass is 10.2. The summed E-state index contributed by atoms with van der Waals surface area (Å²) in [6.07, 6.45) is 0. The van der Waals surface area contributed by atoms with Crippen molar-refractivity contribution >= 4 is 11.3 Å².